The first kappa shape index (κ1) is 20.4. The Hall–Kier alpha value is -1.68. The molecule has 1 amide bonds. The molecule has 0 bridgehead atoms. The third kappa shape index (κ3) is 4.67. The first-order chi connectivity index (χ1) is 11.3. The molecule has 6 atom stereocenters. The minimum absolute atomic E-state index is 0.114. The Kier molecular flexibility index (Phi) is 7.61. The van der Waals surface area contributed by atoms with E-state index < -0.39 is 48.9 Å². The maximum atomic E-state index is 11.8. The van der Waals surface area contributed by atoms with Crippen molar-refractivity contribution < 1.29 is 34.4 Å². The molecule has 0 saturated carbocycles. The van der Waals surface area contributed by atoms with Crippen LogP contribution in [0.25, 0.3) is 0 Å². The molecule has 24 heavy (non-hydrogen) atoms. The number of nitrogens with one attached hydrogen (secondary N) is 2. The number of carbonyl (C=O) groups excluding carboxylic acids is 2. The molecule has 1 rings (SSSR count). The van der Waals surface area contributed by atoms with Gasteiger partial charge in [0.05, 0.1) is 13.7 Å². The zero-order chi connectivity index (χ0) is 18.4. The Balaban J connectivity index is 3.22. The van der Waals surface area contributed by atoms with Gasteiger partial charge in [0.25, 0.3) is 0 Å². The number of rotatable bonds is 7. The molecule has 9 heteroatoms. The van der Waals surface area contributed by atoms with Gasteiger partial charge in [-0.2, -0.15) is 0 Å². The summed E-state index contributed by atoms with van der Waals surface area (Å²) in [6.45, 7) is 2.41. The van der Waals surface area contributed by atoms with Crippen LogP contribution in [0, 0.1) is 5.92 Å². The van der Waals surface area contributed by atoms with Crippen LogP contribution in [0.5, 0.6) is 0 Å². The summed E-state index contributed by atoms with van der Waals surface area (Å²) in [6.07, 6.45) is -2.48. The van der Waals surface area contributed by atoms with Gasteiger partial charge in [0.2, 0.25) is 11.7 Å². The number of hydrogen-bond donors (Lipinski definition) is 5. The van der Waals surface area contributed by atoms with Gasteiger partial charge in [-0.05, 0) is 20.0 Å². The SMILES string of the molecule is CNC1C=C(C(=O)OC)OC(C(O)C(O)CO)C1C(C)NC(C)=O. The molecule has 1 aliphatic rings. The number of aliphatic hydroxyl groups is 3. The fourth-order valence-corrected chi connectivity index (χ4v) is 2.87. The molecular formula is C15H26N2O7. The summed E-state index contributed by atoms with van der Waals surface area (Å²) in [5, 5.41) is 34.9. The highest BCUT2D eigenvalue weighted by Crippen LogP contribution is 2.30. The highest BCUT2D eigenvalue weighted by atomic mass is 16.6. The van der Waals surface area contributed by atoms with Crippen molar-refractivity contribution in [3.63, 3.8) is 0 Å². The van der Waals surface area contributed by atoms with Crippen LogP contribution in [0.3, 0.4) is 0 Å². The van der Waals surface area contributed by atoms with Crippen LogP contribution in [0.1, 0.15) is 13.8 Å². The van der Waals surface area contributed by atoms with E-state index in [0.29, 0.717) is 0 Å². The van der Waals surface area contributed by atoms with E-state index in [1.165, 1.54) is 20.1 Å². The van der Waals surface area contributed by atoms with Crippen molar-refractivity contribution in [3.05, 3.63) is 11.8 Å². The van der Waals surface area contributed by atoms with Gasteiger partial charge in [0.1, 0.15) is 18.3 Å². The summed E-state index contributed by atoms with van der Waals surface area (Å²) in [5.41, 5.74) is 0. The Morgan fingerprint density at radius 3 is 2.50 bits per heavy atom. The van der Waals surface area contributed by atoms with E-state index in [2.05, 4.69) is 15.4 Å². The van der Waals surface area contributed by atoms with Crippen molar-refractivity contribution in [2.75, 3.05) is 20.8 Å². The lowest BCUT2D eigenvalue weighted by molar-refractivity contribution is -0.152. The van der Waals surface area contributed by atoms with Gasteiger partial charge >= 0.3 is 5.97 Å². The minimum atomic E-state index is -1.47. The number of ether oxygens (including phenoxy) is 2. The topological polar surface area (TPSA) is 137 Å². The maximum Gasteiger partial charge on any atom is 0.373 e. The van der Waals surface area contributed by atoms with E-state index in [1.807, 2.05) is 0 Å². The van der Waals surface area contributed by atoms with Crippen molar-refractivity contribution in [3.8, 4) is 0 Å². The zero-order valence-corrected chi connectivity index (χ0v) is 14.2. The monoisotopic (exact) mass is 346 g/mol. The molecule has 0 aliphatic carbocycles. The summed E-state index contributed by atoms with van der Waals surface area (Å²) >= 11 is 0. The molecule has 5 N–H and O–H groups in total. The van der Waals surface area contributed by atoms with Crippen LogP contribution in [0.2, 0.25) is 0 Å². The van der Waals surface area contributed by atoms with Gasteiger partial charge < -0.3 is 35.4 Å². The summed E-state index contributed by atoms with van der Waals surface area (Å²) in [7, 11) is 2.85. The van der Waals surface area contributed by atoms with Crippen molar-refractivity contribution in [2.24, 2.45) is 5.92 Å². The van der Waals surface area contributed by atoms with Crippen molar-refractivity contribution in [1.82, 2.24) is 10.6 Å². The number of methoxy groups -OCH3 is 1. The van der Waals surface area contributed by atoms with Gasteiger partial charge in [0, 0.05) is 24.9 Å². The van der Waals surface area contributed by atoms with Gasteiger partial charge in [-0.1, -0.05) is 0 Å². The van der Waals surface area contributed by atoms with Gasteiger partial charge in [-0.3, -0.25) is 4.79 Å². The summed E-state index contributed by atoms with van der Waals surface area (Å²) in [5.74, 6) is -1.62. The number of amides is 1. The molecule has 0 saturated heterocycles. The first-order valence-electron chi connectivity index (χ1n) is 7.64. The quantitative estimate of drug-likeness (QED) is 0.330. The van der Waals surface area contributed by atoms with E-state index in [1.54, 1.807) is 14.0 Å². The first-order valence-corrected chi connectivity index (χ1v) is 7.64. The van der Waals surface area contributed by atoms with Crippen molar-refractivity contribution >= 4 is 11.9 Å². The van der Waals surface area contributed by atoms with Gasteiger partial charge in [-0.25, -0.2) is 4.79 Å². The largest absolute Gasteiger partial charge is 0.480 e. The molecule has 0 aromatic heterocycles. The number of esters is 1. The average molecular weight is 346 g/mol. The van der Waals surface area contributed by atoms with Crippen LogP contribution < -0.4 is 10.6 Å². The number of likely N-dealkylation sites (N-methyl/N-ethyl adjacent to an activating group) is 1. The third-order valence-electron chi connectivity index (χ3n) is 4.03. The Morgan fingerprint density at radius 2 is 2.04 bits per heavy atom. The third-order valence-corrected chi connectivity index (χ3v) is 4.03. The Labute approximate surface area is 140 Å². The van der Waals surface area contributed by atoms with Gasteiger partial charge in [-0.15, -0.1) is 0 Å². The lowest BCUT2D eigenvalue weighted by Gasteiger charge is -2.42. The Morgan fingerprint density at radius 1 is 1.42 bits per heavy atom. The molecule has 0 fully saturated rings. The molecule has 138 valence electrons. The van der Waals surface area contributed by atoms with E-state index in [0.717, 1.165) is 0 Å². The molecule has 0 radical (unpaired) electrons. The molecule has 0 aromatic rings. The normalized spacial score (nSPS) is 27.3. The summed E-state index contributed by atoms with van der Waals surface area (Å²) in [6, 6.07) is -0.888. The highest BCUT2D eigenvalue weighted by molar-refractivity contribution is 5.86. The summed E-state index contributed by atoms with van der Waals surface area (Å²) in [4.78, 5) is 23.1. The lowest BCUT2D eigenvalue weighted by Crippen LogP contribution is -2.59. The molecule has 9 nitrogen and oxygen atoms in total. The zero-order valence-electron chi connectivity index (χ0n) is 14.2. The van der Waals surface area contributed by atoms with Crippen LogP contribution in [-0.4, -0.2) is 78.4 Å². The number of aliphatic hydroxyl groups excluding tert-OH is 3. The highest BCUT2D eigenvalue weighted by Gasteiger charge is 2.45. The second-order valence-corrected chi connectivity index (χ2v) is 5.73. The summed E-state index contributed by atoms with van der Waals surface area (Å²) < 4.78 is 10.2. The number of carbonyl (C=O) groups is 2. The number of hydrogen-bond acceptors (Lipinski definition) is 8. The van der Waals surface area contributed by atoms with E-state index >= 15 is 0 Å². The van der Waals surface area contributed by atoms with Crippen molar-refractivity contribution in [1.29, 1.82) is 0 Å². The van der Waals surface area contributed by atoms with Crippen LogP contribution >= 0.6 is 0 Å². The van der Waals surface area contributed by atoms with Crippen LogP contribution in [0.15, 0.2) is 11.8 Å². The predicted molar refractivity (Wildman–Crippen MR) is 83.7 cm³/mol. The van der Waals surface area contributed by atoms with E-state index in [4.69, 9.17) is 9.84 Å². The predicted octanol–water partition coefficient (Wildman–Crippen LogP) is -2.11. The van der Waals surface area contributed by atoms with E-state index in [-0.39, 0.29) is 11.7 Å². The van der Waals surface area contributed by atoms with Crippen LogP contribution in [0.4, 0.5) is 0 Å². The second kappa shape index (κ2) is 8.97. The van der Waals surface area contributed by atoms with E-state index in [9.17, 15) is 19.8 Å². The molecule has 6 unspecified atom stereocenters. The average Bonchev–Trinajstić information content (AvgIpc) is 2.57. The molecular weight excluding hydrogens is 320 g/mol. The van der Waals surface area contributed by atoms with Gasteiger partial charge in [0.15, 0.2) is 0 Å². The van der Waals surface area contributed by atoms with Crippen molar-refractivity contribution in [2.45, 2.75) is 44.2 Å². The molecule has 1 aliphatic heterocycles. The molecule has 1 heterocycles. The Bertz CT molecular complexity index is 482. The fourth-order valence-electron chi connectivity index (χ4n) is 2.87. The molecule has 0 aromatic carbocycles. The maximum absolute atomic E-state index is 11.8. The standard InChI is InChI=1S/C15H26N2O7/c1-7(17-8(2)19)12-9(16-3)5-11(15(22)23-4)24-14(12)13(21)10(20)6-18/h5,7,9-10,12-14,16,18,20-21H,6H2,1-4H3,(H,17,19). The second-order valence-electron chi connectivity index (χ2n) is 5.73. The fraction of sp³-hybridized carbons (Fsp3) is 0.733. The minimum Gasteiger partial charge on any atom is -0.480 e. The smallest absolute Gasteiger partial charge is 0.373 e. The molecule has 0 spiro atoms. The van der Waals surface area contributed by atoms with Crippen LogP contribution in [-0.2, 0) is 19.1 Å². The lowest BCUT2D eigenvalue weighted by atomic mass is 9.81.